The lowest BCUT2D eigenvalue weighted by molar-refractivity contribution is -0.139. The van der Waals surface area contributed by atoms with Gasteiger partial charge in [0.05, 0.1) is 5.92 Å². The Balaban J connectivity index is 1.23. The zero-order chi connectivity index (χ0) is 17.2. The summed E-state index contributed by atoms with van der Waals surface area (Å²) in [5, 5.41) is 0. The van der Waals surface area contributed by atoms with Crippen LogP contribution in [0, 0.1) is 5.92 Å². The summed E-state index contributed by atoms with van der Waals surface area (Å²) in [6.45, 7) is 6.94. The van der Waals surface area contributed by atoms with E-state index in [-0.39, 0.29) is 17.9 Å². The van der Waals surface area contributed by atoms with E-state index in [1.165, 1.54) is 25.7 Å². The van der Waals surface area contributed by atoms with Crippen LogP contribution in [-0.4, -0.2) is 89.9 Å². The quantitative estimate of drug-likeness (QED) is 0.762. The summed E-state index contributed by atoms with van der Waals surface area (Å²) in [7, 11) is 0. The zero-order valence-electron chi connectivity index (χ0n) is 15.4. The van der Waals surface area contributed by atoms with E-state index in [0.29, 0.717) is 13.1 Å². The van der Waals surface area contributed by atoms with Crippen molar-refractivity contribution in [2.75, 3.05) is 52.4 Å². The number of carbonyl (C=O) groups excluding carboxylic acids is 2. The Bertz CT molecular complexity index is 496. The third-order valence-electron chi connectivity index (χ3n) is 6.56. The molecule has 3 heterocycles. The van der Waals surface area contributed by atoms with Gasteiger partial charge in [-0.1, -0.05) is 6.42 Å². The lowest BCUT2D eigenvalue weighted by atomic mass is 9.91. The van der Waals surface area contributed by atoms with Gasteiger partial charge in [0.2, 0.25) is 5.91 Å². The molecule has 1 aliphatic carbocycles. The maximum Gasteiger partial charge on any atom is 0.320 e. The Morgan fingerprint density at radius 1 is 0.640 bits per heavy atom. The highest BCUT2D eigenvalue weighted by Crippen LogP contribution is 2.26. The monoisotopic (exact) mass is 348 g/mol. The van der Waals surface area contributed by atoms with E-state index >= 15 is 0 Å². The van der Waals surface area contributed by atoms with Crippen LogP contribution in [0.5, 0.6) is 0 Å². The minimum atomic E-state index is 0.0315. The first kappa shape index (κ1) is 17.1. The van der Waals surface area contributed by atoms with Gasteiger partial charge in [0.1, 0.15) is 0 Å². The third-order valence-corrected chi connectivity index (χ3v) is 6.56. The van der Waals surface area contributed by atoms with Gasteiger partial charge in [0, 0.05) is 58.4 Å². The fraction of sp³-hybridized carbons (Fsp3) is 0.895. The van der Waals surface area contributed by atoms with Crippen molar-refractivity contribution in [1.82, 2.24) is 19.6 Å². The van der Waals surface area contributed by atoms with Gasteiger partial charge in [0.25, 0.3) is 0 Å². The predicted octanol–water partition coefficient (Wildman–Crippen LogP) is 1.61. The molecule has 25 heavy (non-hydrogen) atoms. The number of likely N-dealkylation sites (tertiary alicyclic amines) is 2. The fourth-order valence-corrected chi connectivity index (χ4v) is 4.61. The molecule has 0 bridgehead atoms. The largest absolute Gasteiger partial charge is 0.341 e. The molecule has 6 heteroatoms. The fourth-order valence-electron chi connectivity index (χ4n) is 4.61. The average Bonchev–Trinajstić information content (AvgIpc) is 2.78. The minimum absolute atomic E-state index is 0.0315. The van der Waals surface area contributed by atoms with Crippen LogP contribution in [0.4, 0.5) is 4.79 Å². The lowest BCUT2D eigenvalue weighted by Crippen LogP contribution is -2.60. The zero-order valence-corrected chi connectivity index (χ0v) is 15.4. The van der Waals surface area contributed by atoms with Gasteiger partial charge in [-0.15, -0.1) is 0 Å². The van der Waals surface area contributed by atoms with Crippen LogP contribution in [0.1, 0.15) is 44.9 Å². The van der Waals surface area contributed by atoms with Crippen molar-refractivity contribution in [3.05, 3.63) is 0 Å². The van der Waals surface area contributed by atoms with E-state index in [1.807, 2.05) is 9.80 Å². The van der Waals surface area contributed by atoms with E-state index in [4.69, 9.17) is 0 Å². The second-order valence-electron chi connectivity index (χ2n) is 8.23. The number of piperidine rings is 1. The van der Waals surface area contributed by atoms with E-state index in [2.05, 4.69) is 9.80 Å². The van der Waals surface area contributed by atoms with Gasteiger partial charge in [0.15, 0.2) is 0 Å². The SMILES string of the molecule is O=C(C1CN(C(=O)N2CCCCC2)C1)N1CCCN(C2CCC2)CC1. The predicted molar refractivity (Wildman–Crippen MR) is 96.3 cm³/mol. The van der Waals surface area contributed by atoms with Gasteiger partial charge in [-0.25, -0.2) is 4.79 Å². The third kappa shape index (κ3) is 3.64. The highest BCUT2D eigenvalue weighted by Gasteiger charge is 2.40. The first-order valence-electron chi connectivity index (χ1n) is 10.3. The van der Waals surface area contributed by atoms with E-state index in [0.717, 1.165) is 64.6 Å². The molecule has 4 fully saturated rings. The minimum Gasteiger partial charge on any atom is -0.341 e. The number of urea groups is 1. The number of hydrogen-bond acceptors (Lipinski definition) is 3. The van der Waals surface area contributed by atoms with E-state index in [9.17, 15) is 9.59 Å². The normalized spacial score (nSPS) is 26.8. The summed E-state index contributed by atoms with van der Waals surface area (Å²) < 4.78 is 0. The molecule has 4 aliphatic rings. The van der Waals surface area contributed by atoms with Crippen LogP contribution in [0.3, 0.4) is 0 Å². The van der Waals surface area contributed by atoms with Crippen LogP contribution in [0.25, 0.3) is 0 Å². The summed E-state index contributed by atoms with van der Waals surface area (Å²) in [4.78, 5) is 33.7. The molecule has 0 atom stereocenters. The first-order valence-corrected chi connectivity index (χ1v) is 10.3. The van der Waals surface area contributed by atoms with Crippen molar-refractivity contribution in [2.24, 2.45) is 5.92 Å². The number of rotatable bonds is 2. The van der Waals surface area contributed by atoms with Crippen LogP contribution < -0.4 is 0 Å². The molecule has 0 unspecified atom stereocenters. The van der Waals surface area contributed by atoms with Crippen molar-refractivity contribution in [3.63, 3.8) is 0 Å². The first-order chi connectivity index (χ1) is 12.2. The Labute approximate surface area is 151 Å². The Kier molecular flexibility index (Phi) is 5.15. The number of nitrogens with zero attached hydrogens (tertiary/aromatic N) is 4. The molecule has 4 rings (SSSR count). The van der Waals surface area contributed by atoms with Crippen LogP contribution in [0.2, 0.25) is 0 Å². The molecule has 0 aromatic heterocycles. The van der Waals surface area contributed by atoms with Gasteiger partial charge < -0.3 is 14.7 Å². The average molecular weight is 348 g/mol. The molecule has 140 valence electrons. The highest BCUT2D eigenvalue weighted by molar-refractivity contribution is 5.84. The van der Waals surface area contributed by atoms with Crippen LogP contribution in [-0.2, 0) is 4.79 Å². The van der Waals surface area contributed by atoms with Crippen molar-refractivity contribution in [2.45, 2.75) is 51.0 Å². The van der Waals surface area contributed by atoms with Gasteiger partial charge in [-0.2, -0.15) is 0 Å². The number of carbonyl (C=O) groups is 2. The van der Waals surface area contributed by atoms with E-state index < -0.39 is 0 Å². The van der Waals surface area contributed by atoms with Crippen molar-refractivity contribution < 1.29 is 9.59 Å². The van der Waals surface area contributed by atoms with Crippen molar-refractivity contribution in [1.29, 1.82) is 0 Å². The number of amides is 3. The molecule has 6 nitrogen and oxygen atoms in total. The Hall–Kier alpha value is -1.30. The molecule has 3 saturated heterocycles. The molecular formula is C19H32N4O2. The van der Waals surface area contributed by atoms with Gasteiger partial charge in [-0.3, -0.25) is 9.69 Å². The van der Waals surface area contributed by atoms with E-state index in [1.54, 1.807) is 0 Å². The second-order valence-corrected chi connectivity index (χ2v) is 8.23. The van der Waals surface area contributed by atoms with Crippen LogP contribution >= 0.6 is 0 Å². The number of hydrogen-bond donors (Lipinski definition) is 0. The summed E-state index contributed by atoms with van der Waals surface area (Å²) in [5.74, 6) is 0.308. The maximum absolute atomic E-state index is 12.8. The molecule has 0 N–H and O–H groups in total. The maximum atomic E-state index is 12.8. The molecule has 0 aromatic rings. The summed E-state index contributed by atoms with van der Waals surface area (Å²) in [6.07, 6.45) is 8.60. The molecular weight excluding hydrogens is 316 g/mol. The highest BCUT2D eigenvalue weighted by atomic mass is 16.2. The Morgan fingerprint density at radius 3 is 2.04 bits per heavy atom. The summed E-state index contributed by atoms with van der Waals surface area (Å²) in [5.41, 5.74) is 0. The molecule has 3 amide bonds. The van der Waals surface area contributed by atoms with Gasteiger partial charge in [-0.05, 0) is 38.5 Å². The molecule has 0 radical (unpaired) electrons. The lowest BCUT2D eigenvalue weighted by Gasteiger charge is -2.43. The van der Waals surface area contributed by atoms with Crippen molar-refractivity contribution >= 4 is 11.9 Å². The summed E-state index contributed by atoms with van der Waals surface area (Å²) >= 11 is 0. The van der Waals surface area contributed by atoms with Gasteiger partial charge >= 0.3 is 6.03 Å². The smallest absolute Gasteiger partial charge is 0.320 e. The molecule has 3 aliphatic heterocycles. The van der Waals surface area contributed by atoms with Crippen LogP contribution in [0.15, 0.2) is 0 Å². The van der Waals surface area contributed by atoms with Crippen molar-refractivity contribution in [3.8, 4) is 0 Å². The topological polar surface area (TPSA) is 47.1 Å². The molecule has 0 spiro atoms. The summed E-state index contributed by atoms with van der Waals surface area (Å²) in [6, 6.07) is 0.923. The standard InChI is InChI=1S/C19H32N4O2/c24-18(21-11-5-10-20(12-13-21)17-6-4-7-17)16-14-23(15-16)19(25)22-8-2-1-3-9-22/h16-17H,1-15H2. The second kappa shape index (κ2) is 7.52. The molecule has 0 aromatic carbocycles. The Morgan fingerprint density at radius 2 is 1.36 bits per heavy atom. The molecule has 1 saturated carbocycles.